The molecule has 0 unspecified atom stereocenters. The van der Waals surface area contributed by atoms with Crippen molar-refractivity contribution in [2.24, 2.45) is 0 Å². The summed E-state index contributed by atoms with van der Waals surface area (Å²) in [4.78, 5) is 2.03. The summed E-state index contributed by atoms with van der Waals surface area (Å²) in [6, 6.07) is 11.5. The second-order valence-electron chi connectivity index (χ2n) is 4.78. The van der Waals surface area contributed by atoms with E-state index in [1.165, 1.54) is 17.2 Å². The smallest absolute Gasteiger partial charge is 0.129 e. The quantitative estimate of drug-likeness (QED) is 0.710. The highest BCUT2D eigenvalue weighted by Crippen LogP contribution is 2.31. The summed E-state index contributed by atoms with van der Waals surface area (Å²) in [7, 11) is 1.97. The van der Waals surface area contributed by atoms with Crippen LogP contribution in [0.5, 0.6) is 0 Å². The molecule has 0 saturated carbocycles. The van der Waals surface area contributed by atoms with Crippen LogP contribution in [-0.2, 0) is 5.33 Å². The molecule has 100 valence electrons. The molecule has 0 saturated heterocycles. The van der Waals surface area contributed by atoms with Gasteiger partial charge in [-0.1, -0.05) is 28.1 Å². The molecule has 19 heavy (non-hydrogen) atoms. The largest absolute Gasteiger partial charge is 0.344 e. The van der Waals surface area contributed by atoms with E-state index < -0.39 is 0 Å². The van der Waals surface area contributed by atoms with Crippen LogP contribution >= 0.6 is 15.9 Å². The summed E-state index contributed by atoms with van der Waals surface area (Å²) in [6.45, 7) is 4.14. The molecule has 2 aromatic rings. The Morgan fingerprint density at radius 2 is 1.74 bits per heavy atom. The van der Waals surface area contributed by atoms with Crippen molar-refractivity contribution in [1.82, 2.24) is 0 Å². The minimum atomic E-state index is -0.175. The van der Waals surface area contributed by atoms with Gasteiger partial charge in [-0.2, -0.15) is 0 Å². The third-order valence-corrected chi connectivity index (χ3v) is 3.74. The number of aryl methyl sites for hydroxylation is 2. The summed E-state index contributed by atoms with van der Waals surface area (Å²) in [6.07, 6.45) is 0. The lowest BCUT2D eigenvalue weighted by molar-refractivity contribution is 0.618. The van der Waals surface area contributed by atoms with Gasteiger partial charge in [-0.05, 0) is 49.2 Å². The van der Waals surface area contributed by atoms with Gasteiger partial charge in [-0.25, -0.2) is 4.39 Å². The molecule has 0 amide bonds. The summed E-state index contributed by atoms with van der Waals surface area (Å²) in [5.41, 5.74) is 5.06. The minimum Gasteiger partial charge on any atom is -0.344 e. The second-order valence-corrected chi connectivity index (χ2v) is 5.34. The number of rotatable bonds is 3. The molecular formula is C16H17BrFN. The van der Waals surface area contributed by atoms with Crippen molar-refractivity contribution < 1.29 is 4.39 Å². The molecule has 1 nitrogen and oxygen atoms in total. The van der Waals surface area contributed by atoms with Crippen LogP contribution in [0.3, 0.4) is 0 Å². The van der Waals surface area contributed by atoms with Crippen LogP contribution in [0.15, 0.2) is 36.4 Å². The molecule has 2 aromatic carbocycles. The molecule has 0 atom stereocenters. The molecule has 0 N–H and O–H groups in total. The van der Waals surface area contributed by atoms with E-state index in [1.807, 2.05) is 18.0 Å². The Morgan fingerprint density at radius 3 is 2.32 bits per heavy atom. The summed E-state index contributed by atoms with van der Waals surface area (Å²) >= 11 is 3.36. The van der Waals surface area contributed by atoms with Gasteiger partial charge in [0.1, 0.15) is 5.82 Å². The van der Waals surface area contributed by atoms with Crippen molar-refractivity contribution in [2.75, 3.05) is 11.9 Å². The van der Waals surface area contributed by atoms with E-state index in [1.54, 1.807) is 6.07 Å². The average Bonchev–Trinajstić information content (AvgIpc) is 2.36. The molecule has 0 fully saturated rings. The van der Waals surface area contributed by atoms with E-state index >= 15 is 0 Å². The second kappa shape index (κ2) is 5.74. The minimum absolute atomic E-state index is 0.175. The van der Waals surface area contributed by atoms with E-state index in [0.717, 1.165) is 11.4 Å². The Balaban J connectivity index is 2.49. The number of hydrogen-bond donors (Lipinski definition) is 0. The first-order chi connectivity index (χ1) is 9.02. The topological polar surface area (TPSA) is 3.24 Å². The van der Waals surface area contributed by atoms with Crippen molar-refractivity contribution in [3.63, 3.8) is 0 Å². The molecular weight excluding hydrogens is 305 g/mol. The van der Waals surface area contributed by atoms with Crippen LogP contribution in [0, 0.1) is 19.7 Å². The van der Waals surface area contributed by atoms with Crippen molar-refractivity contribution in [3.05, 3.63) is 58.9 Å². The average molecular weight is 322 g/mol. The maximum atomic E-state index is 13.8. The highest BCUT2D eigenvalue weighted by atomic mass is 79.9. The number of nitrogens with zero attached hydrogens (tertiary/aromatic N) is 1. The maximum Gasteiger partial charge on any atom is 0.129 e. The first-order valence-corrected chi connectivity index (χ1v) is 7.30. The van der Waals surface area contributed by atoms with Crippen LogP contribution in [0.2, 0.25) is 0 Å². The monoisotopic (exact) mass is 321 g/mol. The van der Waals surface area contributed by atoms with Gasteiger partial charge in [-0.15, -0.1) is 0 Å². The molecule has 0 aliphatic carbocycles. The van der Waals surface area contributed by atoms with E-state index in [-0.39, 0.29) is 5.82 Å². The number of benzene rings is 2. The third-order valence-electron chi connectivity index (χ3n) is 3.18. The summed E-state index contributed by atoms with van der Waals surface area (Å²) in [5.74, 6) is -0.175. The third kappa shape index (κ3) is 2.98. The van der Waals surface area contributed by atoms with Crippen molar-refractivity contribution in [2.45, 2.75) is 19.2 Å². The fourth-order valence-corrected chi connectivity index (χ4v) is 2.83. The number of alkyl halides is 1. The Kier molecular flexibility index (Phi) is 4.25. The van der Waals surface area contributed by atoms with Crippen molar-refractivity contribution in [3.8, 4) is 0 Å². The SMILES string of the molecule is Cc1cc(C)cc(N(C)c2cccc(F)c2CBr)c1. The van der Waals surface area contributed by atoms with Gasteiger partial charge < -0.3 is 4.90 Å². The molecule has 0 radical (unpaired) electrons. The molecule has 0 aliphatic heterocycles. The molecule has 0 aliphatic rings. The predicted octanol–water partition coefficient (Wildman–Crippen LogP) is 5.11. The number of hydrogen-bond acceptors (Lipinski definition) is 1. The summed E-state index contributed by atoms with van der Waals surface area (Å²) < 4.78 is 13.8. The number of halogens is 2. The normalized spacial score (nSPS) is 10.6. The Bertz CT molecular complexity index is 575. The van der Waals surface area contributed by atoms with E-state index in [0.29, 0.717) is 10.9 Å². The van der Waals surface area contributed by atoms with Gasteiger partial charge in [0, 0.05) is 29.3 Å². The zero-order valence-corrected chi connectivity index (χ0v) is 13.0. The van der Waals surface area contributed by atoms with Gasteiger partial charge in [-0.3, -0.25) is 0 Å². The Labute approximate surface area is 122 Å². The lowest BCUT2D eigenvalue weighted by Gasteiger charge is -2.23. The standard InChI is InChI=1S/C16H17BrFN/c1-11-7-12(2)9-13(8-11)19(3)16-6-4-5-15(18)14(16)10-17/h4-9H,10H2,1-3H3. The molecule has 0 bridgehead atoms. The Hall–Kier alpha value is -1.35. The van der Waals surface area contributed by atoms with Crippen LogP contribution in [0.25, 0.3) is 0 Å². The molecule has 0 heterocycles. The van der Waals surface area contributed by atoms with Gasteiger partial charge in [0.2, 0.25) is 0 Å². The molecule has 0 spiro atoms. The number of anilines is 2. The van der Waals surface area contributed by atoms with Gasteiger partial charge in [0.15, 0.2) is 0 Å². The van der Waals surface area contributed by atoms with Gasteiger partial charge in [0.05, 0.1) is 0 Å². The fourth-order valence-electron chi connectivity index (χ4n) is 2.28. The fraction of sp³-hybridized carbons (Fsp3) is 0.250. The predicted molar refractivity (Wildman–Crippen MR) is 83.0 cm³/mol. The zero-order valence-electron chi connectivity index (χ0n) is 11.4. The van der Waals surface area contributed by atoms with Crippen LogP contribution < -0.4 is 4.90 Å². The lowest BCUT2D eigenvalue weighted by Crippen LogP contribution is -2.12. The highest BCUT2D eigenvalue weighted by Gasteiger charge is 2.12. The van der Waals surface area contributed by atoms with Crippen LogP contribution in [-0.4, -0.2) is 7.05 Å². The maximum absolute atomic E-state index is 13.8. The van der Waals surface area contributed by atoms with Gasteiger partial charge in [0.25, 0.3) is 0 Å². The highest BCUT2D eigenvalue weighted by molar-refractivity contribution is 9.08. The zero-order chi connectivity index (χ0) is 14.0. The van der Waals surface area contributed by atoms with Crippen LogP contribution in [0.4, 0.5) is 15.8 Å². The molecule has 2 rings (SSSR count). The molecule has 3 heteroatoms. The summed E-state index contributed by atoms with van der Waals surface area (Å²) in [5, 5.41) is 0.504. The Morgan fingerprint density at radius 1 is 1.11 bits per heavy atom. The first kappa shape index (κ1) is 14.1. The van der Waals surface area contributed by atoms with Crippen molar-refractivity contribution >= 4 is 27.3 Å². The van der Waals surface area contributed by atoms with E-state index in [9.17, 15) is 4.39 Å². The van der Waals surface area contributed by atoms with E-state index in [4.69, 9.17) is 0 Å². The molecule has 0 aromatic heterocycles. The van der Waals surface area contributed by atoms with Gasteiger partial charge >= 0.3 is 0 Å². The lowest BCUT2D eigenvalue weighted by atomic mass is 10.1. The van der Waals surface area contributed by atoms with E-state index in [2.05, 4.69) is 48.0 Å². The van der Waals surface area contributed by atoms with Crippen molar-refractivity contribution in [1.29, 1.82) is 0 Å². The van der Waals surface area contributed by atoms with Crippen LogP contribution in [0.1, 0.15) is 16.7 Å². The first-order valence-electron chi connectivity index (χ1n) is 6.18.